The van der Waals surface area contributed by atoms with Crippen molar-refractivity contribution in [2.24, 2.45) is 5.92 Å². The first-order chi connectivity index (χ1) is 12.8. The van der Waals surface area contributed by atoms with E-state index in [1.54, 1.807) is 6.92 Å². The zero-order chi connectivity index (χ0) is 20.0. The van der Waals surface area contributed by atoms with Crippen LogP contribution in [0, 0.1) is 16.0 Å². The lowest BCUT2D eigenvalue weighted by molar-refractivity contribution is -0.385. The molecule has 1 aromatic heterocycles. The lowest BCUT2D eigenvalue weighted by Crippen LogP contribution is -2.34. The average Bonchev–Trinajstić information content (AvgIpc) is 3.00. The molecule has 2 aromatic rings. The summed E-state index contributed by atoms with van der Waals surface area (Å²) in [4.78, 5) is 24.2. The minimum absolute atomic E-state index is 0.0550. The second kappa shape index (κ2) is 8.98. The van der Waals surface area contributed by atoms with Gasteiger partial charge in [0, 0.05) is 11.6 Å². The number of carbonyl (C=O) groups is 1. The Kier molecular flexibility index (Phi) is 6.71. The number of tetrazole rings is 1. The van der Waals surface area contributed by atoms with Gasteiger partial charge in [-0.1, -0.05) is 18.9 Å². The second-order valence-corrected chi connectivity index (χ2v) is 6.25. The molecular weight excluding hydrogens is 374 g/mol. The number of aromatic nitrogens is 4. The minimum Gasteiger partial charge on any atom is -0.487 e. The zero-order valence-electron chi connectivity index (χ0n) is 15.0. The lowest BCUT2D eigenvalue weighted by Gasteiger charge is -2.08. The van der Waals surface area contributed by atoms with Crippen LogP contribution < -0.4 is 15.4 Å². The number of hydrogen-bond donors (Lipinski definition) is 2. The van der Waals surface area contributed by atoms with Gasteiger partial charge < -0.3 is 4.74 Å². The normalized spacial score (nSPS) is 10.5. The summed E-state index contributed by atoms with van der Waals surface area (Å²) in [5.41, 5.74) is -0.243. The summed E-state index contributed by atoms with van der Waals surface area (Å²) < 4.78 is 5.19. The molecule has 0 bridgehead atoms. The van der Waals surface area contributed by atoms with Crippen molar-refractivity contribution < 1.29 is 14.5 Å². The summed E-state index contributed by atoms with van der Waals surface area (Å²) in [6.07, 6.45) is 0. The van der Waals surface area contributed by atoms with Crippen molar-refractivity contribution in [3.8, 4) is 5.75 Å². The number of benzene rings is 1. The average molecular weight is 393 g/mol. The van der Waals surface area contributed by atoms with Gasteiger partial charge in [-0.25, -0.2) is 0 Å². The van der Waals surface area contributed by atoms with E-state index < -0.39 is 10.8 Å². The molecule has 0 aliphatic heterocycles. The maximum atomic E-state index is 12.3. The Morgan fingerprint density at radius 3 is 2.81 bits per heavy atom. The Morgan fingerprint density at radius 2 is 2.19 bits per heavy atom. The maximum Gasteiger partial charge on any atom is 0.311 e. The molecule has 12 heteroatoms. The third kappa shape index (κ3) is 5.67. The third-order valence-electron chi connectivity index (χ3n) is 3.15. The number of carbonyl (C=O) groups excluding carboxylic acids is 1. The predicted molar refractivity (Wildman–Crippen MR) is 101 cm³/mol. The molecule has 1 heterocycles. The Balaban J connectivity index is 2.03. The molecule has 2 rings (SSSR count). The molecule has 2 N–H and O–H groups in total. The number of nitrogens with zero attached hydrogens (tertiary/aromatic N) is 5. The number of nitrogens with one attached hydrogen (secondary N) is 2. The van der Waals surface area contributed by atoms with Crippen LogP contribution in [0.3, 0.4) is 0 Å². The van der Waals surface area contributed by atoms with Crippen molar-refractivity contribution >= 4 is 34.9 Å². The van der Waals surface area contributed by atoms with Crippen LogP contribution in [-0.2, 0) is 6.54 Å². The van der Waals surface area contributed by atoms with Crippen molar-refractivity contribution in [2.75, 3.05) is 11.9 Å². The van der Waals surface area contributed by atoms with Crippen LogP contribution in [0.15, 0.2) is 18.2 Å². The van der Waals surface area contributed by atoms with Crippen molar-refractivity contribution in [3.05, 3.63) is 33.9 Å². The van der Waals surface area contributed by atoms with E-state index in [2.05, 4.69) is 26.0 Å². The summed E-state index contributed by atoms with van der Waals surface area (Å²) in [6, 6.07) is 3.90. The molecule has 0 radical (unpaired) electrons. The first-order valence-corrected chi connectivity index (χ1v) is 8.52. The highest BCUT2D eigenvalue weighted by Gasteiger charge is 2.19. The SMILES string of the molecule is CCOc1ccc(C(=O)NC(=S)Nc2nnn(CC(C)C)n2)cc1[N+](=O)[O-]. The van der Waals surface area contributed by atoms with Crippen molar-refractivity contribution in [1.82, 2.24) is 25.5 Å². The summed E-state index contributed by atoms with van der Waals surface area (Å²) in [5, 5.41) is 27.9. The van der Waals surface area contributed by atoms with Crippen LogP contribution >= 0.6 is 12.2 Å². The van der Waals surface area contributed by atoms with Crippen LogP contribution in [0.1, 0.15) is 31.1 Å². The molecular formula is C15H19N7O4S. The topological polar surface area (TPSA) is 137 Å². The predicted octanol–water partition coefficient (Wildman–Crippen LogP) is 1.76. The molecule has 0 fully saturated rings. The van der Waals surface area contributed by atoms with E-state index in [4.69, 9.17) is 17.0 Å². The molecule has 0 aliphatic carbocycles. The molecule has 0 atom stereocenters. The molecule has 0 unspecified atom stereocenters. The molecule has 0 saturated carbocycles. The van der Waals surface area contributed by atoms with E-state index >= 15 is 0 Å². The van der Waals surface area contributed by atoms with Gasteiger partial charge in [-0.15, -0.1) is 5.10 Å². The van der Waals surface area contributed by atoms with Crippen LogP contribution in [0.5, 0.6) is 5.75 Å². The van der Waals surface area contributed by atoms with E-state index in [-0.39, 0.29) is 34.7 Å². The third-order valence-corrected chi connectivity index (χ3v) is 3.36. The molecule has 11 nitrogen and oxygen atoms in total. The number of amides is 1. The monoisotopic (exact) mass is 393 g/mol. The van der Waals surface area contributed by atoms with Gasteiger partial charge in [-0.05, 0) is 42.4 Å². The smallest absolute Gasteiger partial charge is 0.311 e. The minimum atomic E-state index is -0.617. The largest absolute Gasteiger partial charge is 0.487 e. The fourth-order valence-electron chi connectivity index (χ4n) is 2.08. The van der Waals surface area contributed by atoms with Gasteiger partial charge in [-0.2, -0.15) is 4.80 Å². The van der Waals surface area contributed by atoms with E-state index in [9.17, 15) is 14.9 Å². The number of thiocarbonyl (C=S) groups is 1. The van der Waals surface area contributed by atoms with E-state index in [1.807, 2.05) is 13.8 Å². The highest BCUT2D eigenvalue weighted by Crippen LogP contribution is 2.27. The molecule has 0 spiro atoms. The first-order valence-electron chi connectivity index (χ1n) is 8.11. The molecule has 1 amide bonds. The zero-order valence-corrected chi connectivity index (χ0v) is 15.8. The number of hydrogen-bond acceptors (Lipinski definition) is 8. The first kappa shape index (κ1) is 20.2. The number of rotatable bonds is 7. The van der Waals surface area contributed by atoms with E-state index in [0.717, 1.165) is 6.07 Å². The summed E-state index contributed by atoms with van der Waals surface area (Å²) in [5.74, 6) is -0.0493. The van der Waals surface area contributed by atoms with Gasteiger partial charge >= 0.3 is 5.69 Å². The van der Waals surface area contributed by atoms with E-state index in [0.29, 0.717) is 12.5 Å². The van der Waals surface area contributed by atoms with Gasteiger partial charge in [-0.3, -0.25) is 25.5 Å². The molecule has 1 aromatic carbocycles. The van der Waals surface area contributed by atoms with Crippen LogP contribution in [0.4, 0.5) is 11.6 Å². The quantitative estimate of drug-likeness (QED) is 0.409. The number of nitro groups is 1. The molecule has 0 aliphatic rings. The van der Waals surface area contributed by atoms with Gasteiger partial charge in [0.25, 0.3) is 11.9 Å². The van der Waals surface area contributed by atoms with E-state index in [1.165, 1.54) is 16.9 Å². The van der Waals surface area contributed by atoms with Crippen molar-refractivity contribution in [1.29, 1.82) is 0 Å². The Hall–Kier alpha value is -3.15. The maximum absolute atomic E-state index is 12.3. The molecule has 27 heavy (non-hydrogen) atoms. The highest BCUT2D eigenvalue weighted by atomic mass is 32.1. The van der Waals surface area contributed by atoms with Crippen molar-refractivity contribution in [2.45, 2.75) is 27.3 Å². The standard InChI is InChI=1S/C15H19N7O4S/c1-4-26-12-6-5-10(7-11(12)22(24)25)13(23)16-15(27)17-14-18-20-21(19-14)8-9(2)3/h5-7,9H,4,8H2,1-3H3,(H2,16,17,19,23,27). The van der Waals surface area contributed by atoms with Crippen LogP contribution in [0.25, 0.3) is 0 Å². The summed E-state index contributed by atoms with van der Waals surface area (Å²) in [7, 11) is 0. The van der Waals surface area contributed by atoms with Crippen LogP contribution in [0.2, 0.25) is 0 Å². The van der Waals surface area contributed by atoms with Crippen molar-refractivity contribution in [3.63, 3.8) is 0 Å². The number of ether oxygens (including phenoxy) is 1. The number of nitro benzene ring substituents is 1. The fraction of sp³-hybridized carbons (Fsp3) is 0.400. The molecule has 144 valence electrons. The lowest BCUT2D eigenvalue weighted by atomic mass is 10.1. The summed E-state index contributed by atoms with van der Waals surface area (Å²) >= 11 is 5.04. The summed E-state index contributed by atoms with van der Waals surface area (Å²) in [6.45, 7) is 6.59. The van der Waals surface area contributed by atoms with Gasteiger partial charge in [0.1, 0.15) is 0 Å². The fourth-order valence-corrected chi connectivity index (χ4v) is 2.27. The second-order valence-electron chi connectivity index (χ2n) is 5.84. The molecule has 0 saturated heterocycles. The Labute approximate surface area is 160 Å². The Morgan fingerprint density at radius 1 is 1.44 bits per heavy atom. The Bertz CT molecular complexity index is 852. The number of anilines is 1. The van der Waals surface area contributed by atoms with Gasteiger partial charge in [0.2, 0.25) is 0 Å². The highest BCUT2D eigenvalue weighted by molar-refractivity contribution is 7.80. The van der Waals surface area contributed by atoms with Crippen LogP contribution in [-0.4, -0.2) is 42.8 Å². The van der Waals surface area contributed by atoms with Gasteiger partial charge in [0.05, 0.1) is 18.1 Å². The van der Waals surface area contributed by atoms with Gasteiger partial charge in [0.15, 0.2) is 10.9 Å².